The number of rotatable bonds is 4. The molecule has 1 fully saturated rings. The molecular weight excluding hydrogens is 200 g/mol. The maximum absolute atomic E-state index is 4.55. The van der Waals surface area contributed by atoms with Gasteiger partial charge < -0.3 is 5.32 Å². The molecule has 0 saturated carbocycles. The Morgan fingerprint density at radius 3 is 2.75 bits per heavy atom. The van der Waals surface area contributed by atoms with E-state index in [1.165, 1.54) is 32.4 Å². The lowest BCUT2D eigenvalue weighted by Crippen LogP contribution is -2.27. The minimum atomic E-state index is 0.870. The molecule has 0 aromatic carbocycles. The van der Waals surface area contributed by atoms with Crippen LogP contribution in [-0.2, 0) is 19.9 Å². The SMILES string of the molecule is CCc1nc(CCC2CCNCC2)nn1C. The number of nitrogens with one attached hydrogen (secondary N) is 1. The molecule has 1 aromatic heterocycles. The average Bonchev–Trinajstić information content (AvgIpc) is 2.69. The topological polar surface area (TPSA) is 42.7 Å². The van der Waals surface area contributed by atoms with Gasteiger partial charge in [-0.15, -0.1) is 0 Å². The molecule has 1 aliphatic rings. The van der Waals surface area contributed by atoms with Crippen LogP contribution < -0.4 is 5.32 Å². The van der Waals surface area contributed by atoms with Gasteiger partial charge in [0.25, 0.3) is 0 Å². The molecule has 4 nitrogen and oxygen atoms in total. The molecule has 0 bridgehead atoms. The maximum Gasteiger partial charge on any atom is 0.150 e. The molecule has 1 aromatic rings. The zero-order valence-electron chi connectivity index (χ0n) is 10.4. The largest absolute Gasteiger partial charge is 0.317 e. The van der Waals surface area contributed by atoms with Crippen LogP contribution in [0.25, 0.3) is 0 Å². The molecule has 2 heterocycles. The Morgan fingerprint density at radius 2 is 2.12 bits per heavy atom. The van der Waals surface area contributed by atoms with Gasteiger partial charge in [-0.25, -0.2) is 4.98 Å². The number of aromatic nitrogens is 3. The van der Waals surface area contributed by atoms with Crippen molar-refractivity contribution in [2.75, 3.05) is 13.1 Å². The quantitative estimate of drug-likeness (QED) is 0.835. The third-order valence-corrected chi connectivity index (χ3v) is 3.45. The van der Waals surface area contributed by atoms with Gasteiger partial charge in [0.2, 0.25) is 0 Å². The standard InChI is InChI=1S/C12H22N4/c1-3-12-14-11(15-16(12)2)5-4-10-6-8-13-9-7-10/h10,13H,3-9H2,1-2H3. The Morgan fingerprint density at radius 1 is 1.38 bits per heavy atom. The smallest absolute Gasteiger partial charge is 0.150 e. The first-order valence-electron chi connectivity index (χ1n) is 6.39. The van der Waals surface area contributed by atoms with Gasteiger partial charge in [0.05, 0.1) is 0 Å². The van der Waals surface area contributed by atoms with Crippen molar-refractivity contribution in [3.05, 3.63) is 11.6 Å². The van der Waals surface area contributed by atoms with Crippen LogP contribution in [0.2, 0.25) is 0 Å². The number of aryl methyl sites for hydroxylation is 3. The van der Waals surface area contributed by atoms with Gasteiger partial charge in [-0.2, -0.15) is 5.10 Å². The van der Waals surface area contributed by atoms with Crippen LogP contribution in [0.3, 0.4) is 0 Å². The maximum atomic E-state index is 4.55. The molecule has 16 heavy (non-hydrogen) atoms. The van der Waals surface area contributed by atoms with Crippen LogP contribution in [0.4, 0.5) is 0 Å². The zero-order valence-corrected chi connectivity index (χ0v) is 10.4. The van der Waals surface area contributed by atoms with Crippen molar-refractivity contribution in [3.63, 3.8) is 0 Å². The summed E-state index contributed by atoms with van der Waals surface area (Å²) in [5.41, 5.74) is 0. The first kappa shape index (κ1) is 11.6. The van der Waals surface area contributed by atoms with E-state index in [4.69, 9.17) is 0 Å². The van der Waals surface area contributed by atoms with Gasteiger partial charge in [-0.3, -0.25) is 4.68 Å². The van der Waals surface area contributed by atoms with Crippen molar-refractivity contribution >= 4 is 0 Å². The molecule has 0 atom stereocenters. The van der Waals surface area contributed by atoms with Crippen LogP contribution >= 0.6 is 0 Å². The summed E-state index contributed by atoms with van der Waals surface area (Å²) >= 11 is 0. The van der Waals surface area contributed by atoms with Gasteiger partial charge >= 0.3 is 0 Å². The lowest BCUT2D eigenvalue weighted by molar-refractivity contribution is 0.352. The second-order valence-electron chi connectivity index (χ2n) is 4.65. The van der Waals surface area contributed by atoms with Gasteiger partial charge in [-0.1, -0.05) is 6.92 Å². The van der Waals surface area contributed by atoms with Crippen molar-refractivity contribution in [2.24, 2.45) is 13.0 Å². The summed E-state index contributed by atoms with van der Waals surface area (Å²) in [5, 5.41) is 7.86. The highest BCUT2D eigenvalue weighted by atomic mass is 15.3. The first-order chi connectivity index (χ1) is 7.79. The Kier molecular flexibility index (Phi) is 3.93. The Labute approximate surface area is 97.5 Å². The van der Waals surface area contributed by atoms with Crippen LogP contribution in [-0.4, -0.2) is 27.9 Å². The summed E-state index contributed by atoms with van der Waals surface area (Å²) < 4.78 is 1.91. The number of hydrogen-bond acceptors (Lipinski definition) is 3. The van der Waals surface area contributed by atoms with Crippen LogP contribution in [0.1, 0.15) is 37.8 Å². The Bertz CT molecular complexity index is 326. The Hall–Kier alpha value is -0.900. The third-order valence-electron chi connectivity index (χ3n) is 3.45. The van der Waals surface area contributed by atoms with E-state index in [0.717, 1.165) is 30.4 Å². The van der Waals surface area contributed by atoms with Crippen molar-refractivity contribution in [3.8, 4) is 0 Å². The molecule has 0 unspecified atom stereocenters. The summed E-state index contributed by atoms with van der Waals surface area (Å²) in [7, 11) is 1.99. The molecule has 1 aliphatic heterocycles. The zero-order chi connectivity index (χ0) is 11.4. The van der Waals surface area contributed by atoms with Gasteiger partial charge in [0.1, 0.15) is 5.82 Å². The summed E-state index contributed by atoms with van der Waals surface area (Å²) in [4.78, 5) is 4.55. The van der Waals surface area contributed by atoms with Crippen molar-refractivity contribution in [2.45, 2.75) is 39.0 Å². The van der Waals surface area contributed by atoms with E-state index in [0.29, 0.717) is 0 Å². The molecule has 0 spiro atoms. The normalized spacial score (nSPS) is 17.9. The molecule has 0 amide bonds. The van der Waals surface area contributed by atoms with Crippen molar-refractivity contribution in [1.82, 2.24) is 20.1 Å². The van der Waals surface area contributed by atoms with E-state index in [-0.39, 0.29) is 0 Å². The summed E-state index contributed by atoms with van der Waals surface area (Å²) in [5.74, 6) is 2.99. The highest BCUT2D eigenvalue weighted by Gasteiger charge is 2.14. The molecule has 90 valence electrons. The monoisotopic (exact) mass is 222 g/mol. The van der Waals surface area contributed by atoms with Crippen molar-refractivity contribution in [1.29, 1.82) is 0 Å². The number of nitrogens with zero attached hydrogens (tertiary/aromatic N) is 3. The first-order valence-corrected chi connectivity index (χ1v) is 6.39. The van der Waals surface area contributed by atoms with Gasteiger partial charge in [0, 0.05) is 19.9 Å². The third kappa shape index (κ3) is 2.82. The van der Waals surface area contributed by atoms with E-state index in [1.807, 2.05) is 11.7 Å². The fourth-order valence-corrected chi connectivity index (χ4v) is 2.39. The highest BCUT2D eigenvalue weighted by Crippen LogP contribution is 2.17. The van der Waals surface area contributed by atoms with E-state index in [9.17, 15) is 0 Å². The predicted octanol–water partition coefficient (Wildman–Crippen LogP) is 1.31. The summed E-state index contributed by atoms with van der Waals surface area (Å²) in [6.45, 7) is 4.49. The molecule has 0 radical (unpaired) electrons. The second-order valence-corrected chi connectivity index (χ2v) is 4.65. The number of piperidine rings is 1. The number of hydrogen-bond donors (Lipinski definition) is 1. The van der Waals surface area contributed by atoms with Gasteiger partial charge in [-0.05, 0) is 38.3 Å². The fourth-order valence-electron chi connectivity index (χ4n) is 2.39. The fraction of sp³-hybridized carbons (Fsp3) is 0.833. The van der Waals surface area contributed by atoms with E-state index in [1.54, 1.807) is 0 Å². The minimum absolute atomic E-state index is 0.870. The summed E-state index contributed by atoms with van der Waals surface area (Å²) in [6, 6.07) is 0. The lowest BCUT2D eigenvalue weighted by atomic mass is 9.93. The highest BCUT2D eigenvalue weighted by molar-refractivity contribution is 4.92. The molecule has 1 N–H and O–H groups in total. The van der Waals surface area contributed by atoms with Gasteiger partial charge in [0.15, 0.2) is 5.82 Å². The molecule has 1 saturated heterocycles. The van der Waals surface area contributed by atoms with E-state index in [2.05, 4.69) is 22.3 Å². The van der Waals surface area contributed by atoms with E-state index < -0.39 is 0 Å². The lowest BCUT2D eigenvalue weighted by Gasteiger charge is -2.21. The Balaban J connectivity index is 1.83. The van der Waals surface area contributed by atoms with Crippen molar-refractivity contribution < 1.29 is 0 Å². The summed E-state index contributed by atoms with van der Waals surface area (Å²) in [6.07, 6.45) is 5.88. The molecule has 0 aliphatic carbocycles. The van der Waals surface area contributed by atoms with E-state index >= 15 is 0 Å². The predicted molar refractivity (Wildman–Crippen MR) is 64.3 cm³/mol. The van der Waals surface area contributed by atoms with Crippen LogP contribution in [0.15, 0.2) is 0 Å². The van der Waals surface area contributed by atoms with Crippen LogP contribution in [0.5, 0.6) is 0 Å². The molecule has 4 heteroatoms. The molecule has 2 rings (SSSR count). The van der Waals surface area contributed by atoms with Crippen LogP contribution in [0, 0.1) is 5.92 Å². The minimum Gasteiger partial charge on any atom is -0.317 e. The average molecular weight is 222 g/mol. The second kappa shape index (κ2) is 5.43. The molecular formula is C12H22N4.